The lowest BCUT2D eigenvalue weighted by atomic mass is 10.2. The summed E-state index contributed by atoms with van der Waals surface area (Å²) in [5.74, 6) is 0.302. The van der Waals surface area contributed by atoms with Gasteiger partial charge in [0.25, 0.3) is 5.56 Å². The lowest BCUT2D eigenvalue weighted by Gasteiger charge is -2.23. The highest BCUT2D eigenvalue weighted by molar-refractivity contribution is 5.81. The van der Waals surface area contributed by atoms with E-state index in [1.54, 1.807) is 31.4 Å². The topological polar surface area (TPSA) is 99.9 Å². The van der Waals surface area contributed by atoms with Crippen molar-refractivity contribution in [3.63, 3.8) is 0 Å². The molecule has 0 amide bonds. The molecule has 8 heteroatoms. The van der Waals surface area contributed by atoms with Gasteiger partial charge in [-0.05, 0) is 37.0 Å². The number of aromatic hydroxyl groups is 1. The van der Waals surface area contributed by atoms with Gasteiger partial charge in [0.15, 0.2) is 0 Å². The van der Waals surface area contributed by atoms with E-state index in [1.165, 1.54) is 12.6 Å². The molecule has 0 bridgehead atoms. The van der Waals surface area contributed by atoms with Crippen molar-refractivity contribution in [2.75, 3.05) is 20.2 Å². The fourth-order valence-corrected chi connectivity index (χ4v) is 2.88. The molecule has 26 heavy (non-hydrogen) atoms. The van der Waals surface area contributed by atoms with Gasteiger partial charge in [-0.25, -0.2) is 4.79 Å². The van der Waals surface area contributed by atoms with E-state index >= 15 is 0 Å². The normalized spacial score (nSPS) is 14.7. The van der Waals surface area contributed by atoms with E-state index in [9.17, 15) is 14.7 Å². The number of hydrogen-bond donors (Lipinski definition) is 2. The van der Waals surface area contributed by atoms with Gasteiger partial charge < -0.3 is 9.84 Å². The molecular formula is C18H22N4O4. The first kappa shape index (κ1) is 17.8. The van der Waals surface area contributed by atoms with Crippen LogP contribution in [0.25, 0.3) is 0 Å². The summed E-state index contributed by atoms with van der Waals surface area (Å²) in [6.45, 7) is 1.76. The van der Waals surface area contributed by atoms with Crippen LogP contribution in [0.5, 0.6) is 11.6 Å². The molecule has 138 valence electrons. The molecule has 0 unspecified atom stereocenters. The zero-order valence-electron chi connectivity index (χ0n) is 14.6. The third-order valence-corrected chi connectivity index (χ3v) is 4.39. The maximum Gasteiger partial charge on any atom is 0.331 e. The number of aromatic nitrogens is 2. The molecule has 2 N–H and O–H groups in total. The van der Waals surface area contributed by atoms with Crippen LogP contribution in [0, 0.1) is 0 Å². The number of nitrogens with zero attached hydrogens (tertiary/aromatic N) is 3. The van der Waals surface area contributed by atoms with Gasteiger partial charge in [-0.2, -0.15) is 5.10 Å². The molecular weight excluding hydrogens is 336 g/mol. The van der Waals surface area contributed by atoms with E-state index in [1.807, 2.05) is 5.01 Å². The summed E-state index contributed by atoms with van der Waals surface area (Å²) >= 11 is 0. The van der Waals surface area contributed by atoms with Gasteiger partial charge in [-0.3, -0.25) is 19.4 Å². The highest BCUT2D eigenvalue weighted by Crippen LogP contribution is 2.15. The van der Waals surface area contributed by atoms with Gasteiger partial charge in [-0.15, -0.1) is 0 Å². The number of nitrogens with one attached hydrogen (secondary N) is 1. The van der Waals surface area contributed by atoms with Crippen LogP contribution in [0.2, 0.25) is 0 Å². The van der Waals surface area contributed by atoms with Gasteiger partial charge in [0, 0.05) is 13.1 Å². The molecule has 1 aliphatic rings. The van der Waals surface area contributed by atoms with Crippen molar-refractivity contribution in [2.45, 2.75) is 25.8 Å². The van der Waals surface area contributed by atoms with Gasteiger partial charge in [0.2, 0.25) is 5.88 Å². The second-order valence-electron chi connectivity index (χ2n) is 6.19. The largest absolute Gasteiger partial charge is 0.497 e. The minimum absolute atomic E-state index is 0.0244. The molecule has 1 saturated heterocycles. The first-order chi connectivity index (χ1) is 12.6. The Morgan fingerprint density at radius 1 is 1.19 bits per heavy atom. The van der Waals surface area contributed by atoms with Crippen molar-refractivity contribution in [1.29, 1.82) is 0 Å². The number of aromatic amines is 1. The van der Waals surface area contributed by atoms with E-state index in [0.29, 0.717) is 5.75 Å². The molecule has 2 heterocycles. The summed E-state index contributed by atoms with van der Waals surface area (Å²) in [6.07, 6.45) is 4.60. The number of H-pyrrole nitrogens is 1. The minimum Gasteiger partial charge on any atom is -0.497 e. The summed E-state index contributed by atoms with van der Waals surface area (Å²) in [4.78, 5) is 26.4. The second kappa shape index (κ2) is 7.90. The van der Waals surface area contributed by atoms with Crippen molar-refractivity contribution in [2.24, 2.45) is 5.10 Å². The molecule has 0 atom stereocenters. The van der Waals surface area contributed by atoms with Crippen molar-refractivity contribution >= 4 is 6.21 Å². The Labute approximate surface area is 150 Å². The SMILES string of the molecule is COc1ccc(Cn2c(O)c(C=NN3CCCCC3)c(=O)[nH]c2=O)cc1. The maximum absolute atomic E-state index is 12.1. The Morgan fingerprint density at radius 2 is 1.88 bits per heavy atom. The van der Waals surface area contributed by atoms with Crippen molar-refractivity contribution < 1.29 is 9.84 Å². The first-order valence-electron chi connectivity index (χ1n) is 8.56. The van der Waals surface area contributed by atoms with Crippen LogP contribution in [-0.2, 0) is 6.54 Å². The Hall–Kier alpha value is -3.03. The van der Waals surface area contributed by atoms with Crippen LogP contribution >= 0.6 is 0 Å². The Balaban J connectivity index is 1.89. The molecule has 3 rings (SSSR count). The summed E-state index contributed by atoms with van der Waals surface area (Å²) < 4.78 is 6.22. The quantitative estimate of drug-likeness (QED) is 0.780. The number of methoxy groups -OCH3 is 1. The maximum atomic E-state index is 12.1. The van der Waals surface area contributed by atoms with Crippen LogP contribution < -0.4 is 16.0 Å². The van der Waals surface area contributed by atoms with E-state index in [2.05, 4.69) is 10.1 Å². The zero-order valence-corrected chi connectivity index (χ0v) is 14.6. The fourth-order valence-electron chi connectivity index (χ4n) is 2.88. The molecule has 1 aromatic heterocycles. The fraction of sp³-hybridized carbons (Fsp3) is 0.389. The van der Waals surface area contributed by atoms with Crippen molar-refractivity contribution in [3.8, 4) is 11.6 Å². The zero-order chi connectivity index (χ0) is 18.5. The molecule has 8 nitrogen and oxygen atoms in total. The van der Waals surface area contributed by atoms with Crippen molar-refractivity contribution in [1.82, 2.24) is 14.6 Å². The molecule has 0 aliphatic carbocycles. The summed E-state index contributed by atoms with van der Waals surface area (Å²) in [5.41, 5.74) is -0.560. The number of hydrazone groups is 1. The molecule has 1 aromatic carbocycles. The van der Waals surface area contributed by atoms with E-state index in [-0.39, 0.29) is 12.1 Å². The summed E-state index contributed by atoms with van der Waals surface area (Å²) in [7, 11) is 1.57. The third-order valence-electron chi connectivity index (χ3n) is 4.39. The van der Waals surface area contributed by atoms with E-state index < -0.39 is 17.1 Å². The van der Waals surface area contributed by atoms with Crippen LogP contribution in [0.1, 0.15) is 30.4 Å². The second-order valence-corrected chi connectivity index (χ2v) is 6.19. The number of hydrogen-bond acceptors (Lipinski definition) is 6. The lowest BCUT2D eigenvalue weighted by Crippen LogP contribution is -2.33. The van der Waals surface area contributed by atoms with Gasteiger partial charge in [-0.1, -0.05) is 12.1 Å². The average Bonchev–Trinajstić information content (AvgIpc) is 2.66. The Kier molecular flexibility index (Phi) is 5.40. The summed E-state index contributed by atoms with van der Waals surface area (Å²) in [5, 5.41) is 16.6. The predicted octanol–water partition coefficient (Wildman–Crippen LogP) is 1.12. The smallest absolute Gasteiger partial charge is 0.331 e. The molecule has 0 saturated carbocycles. The average molecular weight is 358 g/mol. The molecule has 0 spiro atoms. The van der Waals surface area contributed by atoms with E-state index in [4.69, 9.17) is 4.74 Å². The standard InChI is InChI=1S/C18H22N4O4/c1-26-14-7-5-13(6-8-14)12-22-17(24)15(16(23)20-18(22)25)11-19-21-9-3-2-4-10-21/h5-8,11,24H,2-4,9-10,12H2,1H3,(H,20,23,25). The monoisotopic (exact) mass is 358 g/mol. The van der Waals surface area contributed by atoms with Crippen molar-refractivity contribution in [3.05, 3.63) is 56.2 Å². The molecule has 1 fully saturated rings. The van der Waals surface area contributed by atoms with Crippen LogP contribution in [0.3, 0.4) is 0 Å². The van der Waals surface area contributed by atoms with Crippen LogP contribution in [-0.4, -0.2) is 46.1 Å². The summed E-state index contributed by atoms with van der Waals surface area (Å²) in [6, 6.07) is 7.11. The Bertz CT molecular complexity index is 893. The van der Waals surface area contributed by atoms with Crippen LogP contribution in [0.15, 0.2) is 39.0 Å². The molecule has 2 aromatic rings. The number of benzene rings is 1. The minimum atomic E-state index is -0.668. The third kappa shape index (κ3) is 3.96. The van der Waals surface area contributed by atoms with Crippen LogP contribution in [0.4, 0.5) is 0 Å². The van der Waals surface area contributed by atoms with E-state index in [0.717, 1.165) is 36.1 Å². The van der Waals surface area contributed by atoms with Gasteiger partial charge in [0.05, 0.1) is 19.9 Å². The number of ether oxygens (including phenoxy) is 1. The molecule has 0 radical (unpaired) electrons. The highest BCUT2D eigenvalue weighted by Gasteiger charge is 2.14. The number of piperidine rings is 1. The van der Waals surface area contributed by atoms with Gasteiger partial charge >= 0.3 is 5.69 Å². The first-order valence-corrected chi connectivity index (χ1v) is 8.56. The lowest BCUT2D eigenvalue weighted by molar-refractivity contribution is 0.240. The Morgan fingerprint density at radius 3 is 2.54 bits per heavy atom. The number of rotatable bonds is 5. The van der Waals surface area contributed by atoms with Gasteiger partial charge in [0.1, 0.15) is 11.3 Å². The molecule has 1 aliphatic heterocycles. The predicted molar refractivity (Wildman–Crippen MR) is 98.1 cm³/mol. The highest BCUT2D eigenvalue weighted by atomic mass is 16.5.